The Morgan fingerprint density at radius 3 is 2.43 bits per heavy atom. The lowest BCUT2D eigenvalue weighted by Crippen LogP contribution is -1.97. The maximum Gasteiger partial charge on any atom is 0.126 e. The summed E-state index contributed by atoms with van der Waals surface area (Å²) in [6.07, 6.45) is 5.81. The number of halogens is 1. The van der Waals surface area contributed by atoms with Gasteiger partial charge >= 0.3 is 0 Å². The Morgan fingerprint density at radius 1 is 1.14 bits per heavy atom. The molecule has 2 rings (SSSR count). The Kier molecular flexibility index (Phi) is 2.40. The molecule has 0 amide bonds. The molecule has 1 aliphatic carbocycles. The van der Waals surface area contributed by atoms with Gasteiger partial charge in [0.15, 0.2) is 0 Å². The molecule has 14 heavy (non-hydrogen) atoms. The van der Waals surface area contributed by atoms with Crippen LogP contribution < -0.4 is 0 Å². The zero-order valence-corrected chi connectivity index (χ0v) is 8.73. The van der Waals surface area contributed by atoms with Crippen molar-refractivity contribution in [2.45, 2.75) is 33.1 Å². The van der Waals surface area contributed by atoms with Crippen molar-refractivity contribution in [2.75, 3.05) is 0 Å². The zero-order valence-electron chi connectivity index (χ0n) is 8.73. The maximum absolute atomic E-state index is 13.3. The molecule has 1 aliphatic rings. The maximum atomic E-state index is 13.3. The minimum absolute atomic E-state index is 0.0956. The van der Waals surface area contributed by atoms with E-state index in [1.165, 1.54) is 30.4 Å². The van der Waals surface area contributed by atoms with Gasteiger partial charge in [-0.25, -0.2) is 4.39 Å². The lowest BCUT2D eigenvalue weighted by Gasteiger charge is -2.16. The molecule has 1 fully saturated rings. The molecule has 74 valence electrons. The average molecular weight is 190 g/mol. The van der Waals surface area contributed by atoms with E-state index in [9.17, 15) is 4.39 Å². The van der Waals surface area contributed by atoms with Crippen LogP contribution in [0.4, 0.5) is 4.39 Å². The molecule has 0 spiro atoms. The second-order valence-electron chi connectivity index (χ2n) is 4.11. The van der Waals surface area contributed by atoms with Crippen LogP contribution >= 0.6 is 0 Å². The van der Waals surface area contributed by atoms with Crippen molar-refractivity contribution in [3.05, 3.63) is 40.2 Å². The van der Waals surface area contributed by atoms with Crippen LogP contribution in [0.1, 0.15) is 36.0 Å². The van der Waals surface area contributed by atoms with Crippen molar-refractivity contribution in [1.29, 1.82) is 0 Å². The van der Waals surface area contributed by atoms with E-state index in [2.05, 4.69) is 6.08 Å². The number of benzene rings is 1. The first-order valence-electron chi connectivity index (χ1n) is 5.13. The molecule has 0 atom stereocenters. The fourth-order valence-corrected chi connectivity index (χ4v) is 1.74. The van der Waals surface area contributed by atoms with Crippen LogP contribution in [0.5, 0.6) is 0 Å². The summed E-state index contributed by atoms with van der Waals surface area (Å²) in [4.78, 5) is 0. The highest BCUT2D eigenvalue weighted by atomic mass is 19.1. The molecule has 1 aromatic rings. The molecule has 0 bridgehead atoms. The van der Waals surface area contributed by atoms with E-state index in [4.69, 9.17) is 0 Å². The number of hydrogen-bond donors (Lipinski definition) is 0. The summed E-state index contributed by atoms with van der Waals surface area (Å²) in [6, 6.07) is 3.57. The second kappa shape index (κ2) is 3.56. The molecule has 0 unspecified atom stereocenters. The van der Waals surface area contributed by atoms with Crippen molar-refractivity contribution >= 4 is 6.08 Å². The van der Waals surface area contributed by atoms with Crippen molar-refractivity contribution in [1.82, 2.24) is 0 Å². The van der Waals surface area contributed by atoms with Crippen LogP contribution in [0.2, 0.25) is 0 Å². The summed E-state index contributed by atoms with van der Waals surface area (Å²) >= 11 is 0. The van der Waals surface area contributed by atoms with Crippen molar-refractivity contribution < 1.29 is 4.39 Å². The summed E-state index contributed by atoms with van der Waals surface area (Å²) in [5.41, 5.74) is 4.40. The summed E-state index contributed by atoms with van der Waals surface area (Å²) in [5, 5.41) is 0. The first kappa shape index (κ1) is 9.45. The summed E-state index contributed by atoms with van der Waals surface area (Å²) in [6.45, 7) is 3.85. The van der Waals surface area contributed by atoms with Gasteiger partial charge in [-0.1, -0.05) is 17.7 Å². The van der Waals surface area contributed by atoms with E-state index in [0.717, 1.165) is 11.1 Å². The third-order valence-corrected chi connectivity index (χ3v) is 2.90. The van der Waals surface area contributed by atoms with Gasteiger partial charge in [0.25, 0.3) is 0 Å². The Morgan fingerprint density at radius 2 is 1.86 bits per heavy atom. The number of allylic oxidation sites excluding steroid dienone is 1. The largest absolute Gasteiger partial charge is 0.207 e. The van der Waals surface area contributed by atoms with E-state index in [1.54, 1.807) is 6.07 Å². The third-order valence-electron chi connectivity index (χ3n) is 2.90. The SMILES string of the molecule is Cc1cc(C)c(C=C2CCC2)cc1F. The topological polar surface area (TPSA) is 0 Å². The fraction of sp³-hybridized carbons (Fsp3) is 0.385. The van der Waals surface area contributed by atoms with Crippen LogP contribution in [0.15, 0.2) is 17.7 Å². The summed E-state index contributed by atoms with van der Waals surface area (Å²) in [7, 11) is 0. The Bertz CT molecular complexity index is 382. The van der Waals surface area contributed by atoms with Gasteiger partial charge in [-0.15, -0.1) is 0 Å². The zero-order chi connectivity index (χ0) is 10.1. The Balaban J connectivity index is 2.37. The minimum atomic E-state index is -0.0956. The minimum Gasteiger partial charge on any atom is -0.207 e. The predicted octanol–water partition coefficient (Wildman–Crippen LogP) is 4.01. The highest BCUT2D eigenvalue weighted by molar-refractivity contribution is 5.58. The standard InChI is InChI=1S/C13H15F/c1-9-6-10(2)13(14)8-12(9)7-11-4-3-5-11/h6-8H,3-5H2,1-2H3. The highest BCUT2D eigenvalue weighted by Crippen LogP contribution is 2.28. The van der Waals surface area contributed by atoms with Gasteiger partial charge in [0.1, 0.15) is 5.82 Å². The normalized spacial score (nSPS) is 15.2. The molecular weight excluding hydrogens is 175 g/mol. The third kappa shape index (κ3) is 1.72. The number of rotatable bonds is 1. The van der Waals surface area contributed by atoms with Gasteiger partial charge in [-0.05, 0) is 55.9 Å². The molecule has 1 heteroatoms. The van der Waals surface area contributed by atoms with Gasteiger partial charge in [-0.2, -0.15) is 0 Å². The van der Waals surface area contributed by atoms with Gasteiger partial charge < -0.3 is 0 Å². The van der Waals surface area contributed by atoms with E-state index < -0.39 is 0 Å². The molecule has 0 heterocycles. The Labute approximate surface area is 84.5 Å². The fourth-order valence-electron chi connectivity index (χ4n) is 1.74. The van der Waals surface area contributed by atoms with E-state index in [0.29, 0.717) is 0 Å². The first-order valence-corrected chi connectivity index (χ1v) is 5.13. The Hall–Kier alpha value is -1.11. The molecule has 1 saturated carbocycles. The molecule has 0 radical (unpaired) electrons. The lowest BCUT2D eigenvalue weighted by atomic mass is 9.89. The van der Waals surface area contributed by atoms with Crippen LogP contribution in [0, 0.1) is 19.7 Å². The van der Waals surface area contributed by atoms with Crippen LogP contribution in [0.3, 0.4) is 0 Å². The molecule has 1 aromatic carbocycles. The molecule has 0 N–H and O–H groups in total. The van der Waals surface area contributed by atoms with Crippen molar-refractivity contribution in [3.8, 4) is 0 Å². The van der Waals surface area contributed by atoms with Gasteiger partial charge in [-0.3, -0.25) is 0 Å². The lowest BCUT2D eigenvalue weighted by molar-refractivity contribution is 0.617. The second-order valence-corrected chi connectivity index (χ2v) is 4.11. The van der Waals surface area contributed by atoms with E-state index in [-0.39, 0.29) is 5.82 Å². The van der Waals surface area contributed by atoms with E-state index in [1.807, 2.05) is 19.9 Å². The number of aryl methyl sites for hydroxylation is 2. The average Bonchev–Trinajstić information content (AvgIpc) is 2.06. The quantitative estimate of drug-likeness (QED) is 0.627. The van der Waals surface area contributed by atoms with Crippen LogP contribution in [-0.2, 0) is 0 Å². The van der Waals surface area contributed by atoms with Gasteiger partial charge in [0.05, 0.1) is 0 Å². The molecule has 0 aliphatic heterocycles. The highest BCUT2D eigenvalue weighted by Gasteiger charge is 2.09. The molecule has 0 nitrogen and oxygen atoms in total. The monoisotopic (exact) mass is 190 g/mol. The number of hydrogen-bond acceptors (Lipinski definition) is 0. The van der Waals surface area contributed by atoms with Crippen molar-refractivity contribution in [3.63, 3.8) is 0 Å². The van der Waals surface area contributed by atoms with Crippen LogP contribution in [-0.4, -0.2) is 0 Å². The van der Waals surface area contributed by atoms with E-state index >= 15 is 0 Å². The first-order chi connectivity index (χ1) is 6.66. The van der Waals surface area contributed by atoms with Crippen LogP contribution in [0.25, 0.3) is 6.08 Å². The molecular formula is C13H15F. The summed E-state index contributed by atoms with van der Waals surface area (Å²) in [5.74, 6) is -0.0956. The van der Waals surface area contributed by atoms with Gasteiger partial charge in [0.2, 0.25) is 0 Å². The molecule has 0 saturated heterocycles. The van der Waals surface area contributed by atoms with Crippen molar-refractivity contribution in [2.24, 2.45) is 0 Å². The molecule has 0 aromatic heterocycles. The predicted molar refractivity (Wildman–Crippen MR) is 57.7 cm³/mol. The smallest absolute Gasteiger partial charge is 0.126 e. The van der Waals surface area contributed by atoms with Gasteiger partial charge in [0, 0.05) is 0 Å². The summed E-state index contributed by atoms with van der Waals surface area (Å²) < 4.78 is 13.3.